The van der Waals surface area contributed by atoms with E-state index in [4.69, 9.17) is 5.11 Å². The van der Waals surface area contributed by atoms with E-state index < -0.39 is 12.0 Å². The Morgan fingerprint density at radius 2 is 1.82 bits per heavy atom. The van der Waals surface area contributed by atoms with E-state index in [0.717, 1.165) is 32.1 Å². The van der Waals surface area contributed by atoms with Crippen LogP contribution in [0.5, 0.6) is 0 Å². The highest BCUT2D eigenvalue weighted by molar-refractivity contribution is 5.85. The molecule has 3 N–H and O–H groups in total. The summed E-state index contributed by atoms with van der Waals surface area (Å²) in [5, 5.41) is 14.4. The van der Waals surface area contributed by atoms with Crippen molar-refractivity contribution < 1.29 is 19.5 Å². The van der Waals surface area contributed by atoms with Crippen LogP contribution in [0.15, 0.2) is 0 Å². The Hall–Kier alpha value is -1.79. The summed E-state index contributed by atoms with van der Waals surface area (Å²) in [5.41, 5.74) is 0. The molecule has 1 heterocycles. The van der Waals surface area contributed by atoms with Gasteiger partial charge in [0.1, 0.15) is 6.04 Å². The first kappa shape index (κ1) is 16.6. The van der Waals surface area contributed by atoms with E-state index in [1.807, 2.05) is 0 Å². The second-order valence-corrected chi connectivity index (χ2v) is 6.28. The zero-order valence-electron chi connectivity index (χ0n) is 13.0. The number of rotatable bonds is 4. The van der Waals surface area contributed by atoms with Gasteiger partial charge in [-0.05, 0) is 32.6 Å². The molecule has 1 unspecified atom stereocenters. The second kappa shape index (κ2) is 7.47. The van der Waals surface area contributed by atoms with Gasteiger partial charge in [0.25, 0.3) is 0 Å². The number of amides is 3. The van der Waals surface area contributed by atoms with Gasteiger partial charge in [0, 0.05) is 19.1 Å². The molecule has 3 amide bonds. The van der Waals surface area contributed by atoms with Crippen molar-refractivity contribution in [1.29, 1.82) is 0 Å². The number of urea groups is 1. The summed E-state index contributed by atoms with van der Waals surface area (Å²) in [5.74, 6) is -1.67. The largest absolute Gasteiger partial charge is 0.480 e. The molecule has 124 valence electrons. The molecular formula is C15H25N3O4. The molecule has 1 aliphatic heterocycles. The number of carbonyl (C=O) groups excluding carboxylic acids is 2. The molecule has 1 aliphatic carbocycles. The van der Waals surface area contributed by atoms with Gasteiger partial charge in [0.15, 0.2) is 0 Å². The van der Waals surface area contributed by atoms with Crippen LogP contribution in [0.25, 0.3) is 0 Å². The molecule has 1 saturated heterocycles. The van der Waals surface area contributed by atoms with Gasteiger partial charge in [-0.1, -0.05) is 12.8 Å². The van der Waals surface area contributed by atoms with Gasteiger partial charge in [-0.25, -0.2) is 4.79 Å². The summed E-state index contributed by atoms with van der Waals surface area (Å²) in [7, 11) is 0. The molecule has 0 aromatic heterocycles. The van der Waals surface area contributed by atoms with Gasteiger partial charge < -0.3 is 20.6 Å². The van der Waals surface area contributed by atoms with E-state index in [2.05, 4.69) is 10.6 Å². The van der Waals surface area contributed by atoms with E-state index in [9.17, 15) is 14.4 Å². The quantitative estimate of drug-likeness (QED) is 0.719. The van der Waals surface area contributed by atoms with Crippen LogP contribution >= 0.6 is 0 Å². The summed E-state index contributed by atoms with van der Waals surface area (Å²) in [6.07, 6.45) is 5.81. The average Bonchev–Trinajstić information content (AvgIpc) is 3.00. The van der Waals surface area contributed by atoms with Crippen molar-refractivity contribution in [2.24, 2.45) is 5.92 Å². The molecule has 0 aromatic carbocycles. The number of likely N-dealkylation sites (tertiary alicyclic amines) is 1. The van der Waals surface area contributed by atoms with Crippen molar-refractivity contribution in [3.05, 3.63) is 0 Å². The van der Waals surface area contributed by atoms with Crippen LogP contribution in [0.1, 0.15) is 45.4 Å². The lowest BCUT2D eigenvalue weighted by Crippen LogP contribution is -2.52. The average molecular weight is 311 g/mol. The third-order valence-electron chi connectivity index (χ3n) is 4.49. The Kier molecular flexibility index (Phi) is 5.63. The third-order valence-corrected chi connectivity index (χ3v) is 4.49. The van der Waals surface area contributed by atoms with Gasteiger partial charge in [-0.15, -0.1) is 0 Å². The van der Waals surface area contributed by atoms with Crippen LogP contribution in [0.4, 0.5) is 4.79 Å². The minimum absolute atomic E-state index is 0.101. The van der Waals surface area contributed by atoms with Gasteiger partial charge in [-0.2, -0.15) is 0 Å². The van der Waals surface area contributed by atoms with Crippen molar-refractivity contribution in [3.63, 3.8) is 0 Å². The fourth-order valence-electron chi connectivity index (χ4n) is 3.10. The predicted molar refractivity (Wildman–Crippen MR) is 80.3 cm³/mol. The Bertz CT molecular complexity index is 435. The van der Waals surface area contributed by atoms with Gasteiger partial charge >= 0.3 is 12.0 Å². The maximum Gasteiger partial charge on any atom is 0.325 e. The first-order chi connectivity index (χ1) is 10.5. The molecule has 7 nitrogen and oxygen atoms in total. The number of carbonyl (C=O) groups is 3. The Balaban J connectivity index is 1.83. The standard InChI is InChI=1S/C15H25N3O4/c1-10(14(20)21)16-13(19)11-5-4-8-18(9-11)15(22)17-12-6-2-3-7-12/h10-12H,2-9H2,1H3,(H,16,19)(H,17,22)(H,20,21)/t10-,11?/m0/s1. The van der Waals surface area contributed by atoms with Gasteiger partial charge in [0.05, 0.1) is 5.92 Å². The van der Waals surface area contributed by atoms with Crippen molar-refractivity contribution in [2.45, 2.75) is 57.5 Å². The highest BCUT2D eigenvalue weighted by Crippen LogP contribution is 2.20. The molecule has 0 aromatic rings. The zero-order chi connectivity index (χ0) is 16.1. The van der Waals surface area contributed by atoms with E-state index in [1.54, 1.807) is 4.90 Å². The van der Waals surface area contributed by atoms with Crippen molar-refractivity contribution in [1.82, 2.24) is 15.5 Å². The Morgan fingerprint density at radius 3 is 2.45 bits per heavy atom. The summed E-state index contributed by atoms with van der Waals surface area (Å²) in [4.78, 5) is 36.8. The van der Waals surface area contributed by atoms with Gasteiger partial charge in [0.2, 0.25) is 5.91 Å². The number of hydrogen-bond donors (Lipinski definition) is 3. The zero-order valence-corrected chi connectivity index (χ0v) is 13.0. The van der Waals surface area contributed by atoms with Crippen LogP contribution in [0, 0.1) is 5.92 Å². The van der Waals surface area contributed by atoms with Crippen LogP contribution in [0.3, 0.4) is 0 Å². The Labute approximate surface area is 130 Å². The maximum atomic E-state index is 12.2. The SMILES string of the molecule is C[C@H](NC(=O)C1CCCN(C(=O)NC2CCCC2)C1)C(=O)O. The van der Waals surface area contributed by atoms with E-state index in [-0.39, 0.29) is 23.9 Å². The molecule has 7 heteroatoms. The van der Waals surface area contributed by atoms with Crippen LogP contribution < -0.4 is 10.6 Å². The lowest BCUT2D eigenvalue weighted by atomic mass is 9.97. The molecule has 0 bridgehead atoms. The van der Waals surface area contributed by atoms with Crippen LogP contribution in [0.2, 0.25) is 0 Å². The second-order valence-electron chi connectivity index (χ2n) is 6.28. The fraction of sp³-hybridized carbons (Fsp3) is 0.800. The summed E-state index contributed by atoms with van der Waals surface area (Å²) in [6.45, 7) is 2.45. The first-order valence-electron chi connectivity index (χ1n) is 8.06. The molecule has 0 radical (unpaired) electrons. The van der Waals surface area contributed by atoms with Crippen LogP contribution in [-0.4, -0.2) is 53.1 Å². The highest BCUT2D eigenvalue weighted by Gasteiger charge is 2.30. The minimum atomic E-state index is -1.06. The first-order valence-corrected chi connectivity index (χ1v) is 8.06. The predicted octanol–water partition coefficient (Wildman–Crippen LogP) is 0.940. The number of hydrogen-bond acceptors (Lipinski definition) is 3. The number of nitrogens with one attached hydrogen (secondary N) is 2. The molecule has 2 rings (SSSR count). The monoisotopic (exact) mass is 311 g/mol. The number of aliphatic carboxylic acids is 1. The normalized spacial score (nSPS) is 23.9. The summed E-state index contributed by atoms with van der Waals surface area (Å²) in [6, 6.07) is -0.750. The van der Waals surface area contributed by atoms with E-state index in [1.165, 1.54) is 6.92 Å². The number of carboxylic acid groups (broad SMARTS) is 1. The van der Waals surface area contributed by atoms with Crippen molar-refractivity contribution in [3.8, 4) is 0 Å². The highest BCUT2D eigenvalue weighted by atomic mass is 16.4. The fourth-order valence-corrected chi connectivity index (χ4v) is 3.10. The van der Waals surface area contributed by atoms with Crippen molar-refractivity contribution in [2.75, 3.05) is 13.1 Å². The molecule has 2 aliphatic rings. The van der Waals surface area contributed by atoms with Gasteiger partial charge in [-0.3, -0.25) is 9.59 Å². The molecule has 22 heavy (non-hydrogen) atoms. The molecule has 2 fully saturated rings. The smallest absolute Gasteiger partial charge is 0.325 e. The summed E-state index contributed by atoms with van der Waals surface area (Å²) < 4.78 is 0. The minimum Gasteiger partial charge on any atom is -0.480 e. The molecule has 0 spiro atoms. The number of nitrogens with zero attached hydrogens (tertiary/aromatic N) is 1. The number of carboxylic acids is 1. The lowest BCUT2D eigenvalue weighted by Gasteiger charge is -2.33. The van der Waals surface area contributed by atoms with Crippen molar-refractivity contribution >= 4 is 17.9 Å². The third kappa shape index (κ3) is 4.35. The van der Waals surface area contributed by atoms with E-state index in [0.29, 0.717) is 19.5 Å². The van der Waals surface area contributed by atoms with Crippen LogP contribution in [-0.2, 0) is 9.59 Å². The topological polar surface area (TPSA) is 98.7 Å². The number of piperidine rings is 1. The maximum absolute atomic E-state index is 12.2. The Morgan fingerprint density at radius 1 is 1.14 bits per heavy atom. The lowest BCUT2D eigenvalue weighted by molar-refractivity contribution is -0.142. The molecule has 2 atom stereocenters. The van der Waals surface area contributed by atoms with E-state index >= 15 is 0 Å². The summed E-state index contributed by atoms with van der Waals surface area (Å²) >= 11 is 0. The molecule has 1 saturated carbocycles. The molecular weight excluding hydrogens is 286 g/mol.